The fourth-order valence-corrected chi connectivity index (χ4v) is 2.46. The minimum Gasteiger partial charge on any atom is -0.372 e. The Morgan fingerprint density at radius 3 is 2.25 bits per heavy atom. The molecule has 0 heterocycles. The third kappa shape index (κ3) is 5.66. The second kappa shape index (κ2) is 9.67. The van der Waals surface area contributed by atoms with Gasteiger partial charge in [-0.1, -0.05) is 24.6 Å². The number of amides is 1. The fourth-order valence-electron chi connectivity index (χ4n) is 2.46. The fraction of sp³-hybridized carbons (Fsp3) is 0.368. The van der Waals surface area contributed by atoms with Crippen molar-refractivity contribution in [2.45, 2.75) is 27.7 Å². The molecule has 1 rings (SSSR count). The smallest absolute Gasteiger partial charge is 0.267 e. The molecule has 0 unspecified atom stereocenters. The van der Waals surface area contributed by atoms with Crippen LogP contribution in [0.4, 0.5) is 5.69 Å². The van der Waals surface area contributed by atoms with E-state index in [2.05, 4.69) is 18.7 Å². The van der Waals surface area contributed by atoms with E-state index in [1.54, 1.807) is 19.1 Å². The molecule has 1 amide bonds. The topological polar surface area (TPSA) is 69.6 Å². The first-order valence-electron chi connectivity index (χ1n) is 8.12. The summed E-state index contributed by atoms with van der Waals surface area (Å²) in [5.74, 6) is -0.875. The first-order chi connectivity index (χ1) is 11.4. The largest absolute Gasteiger partial charge is 0.372 e. The van der Waals surface area contributed by atoms with Gasteiger partial charge in [0, 0.05) is 36.3 Å². The minimum absolute atomic E-state index is 0.0282. The van der Waals surface area contributed by atoms with E-state index in [4.69, 9.17) is 5.21 Å². The Bertz CT molecular complexity index is 614. The highest BCUT2D eigenvalue weighted by molar-refractivity contribution is 5.99. The number of anilines is 1. The molecule has 0 bridgehead atoms. The average Bonchev–Trinajstić information content (AvgIpc) is 2.60. The summed E-state index contributed by atoms with van der Waals surface area (Å²) in [5.41, 5.74) is 4.07. The van der Waals surface area contributed by atoms with Crippen LogP contribution in [0.3, 0.4) is 0 Å². The molecule has 0 aliphatic carbocycles. The van der Waals surface area contributed by atoms with E-state index in [1.807, 2.05) is 31.2 Å². The van der Waals surface area contributed by atoms with E-state index >= 15 is 0 Å². The lowest BCUT2D eigenvalue weighted by atomic mass is 9.97. The molecule has 1 aromatic rings. The zero-order valence-electron chi connectivity index (χ0n) is 14.7. The molecule has 0 saturated carbocycles. The van der Waals surface area contributed by atoms with Crippen molar-refractivity contribution in [1.29, 1.82) is 0 Å². The van der Waals surface area contributed by atoms with Gasteiger partial charge in [-0.25, -0.2) is 5.48 Å². The standard InChI is InChI=1S/C19H26N2O3/c1-5-21(6-2)17-10-8-16(9-11-17)19(23)15(4)13-14(3)7-12-18(22)20-24/h7-13,15,24H,5-6H2,1-4H3,(H,20,22)/t15-/m1/s1. The molecule has 5 nitrogen and oxygen atoms in total. The Balaban J connectivity index is 2.82. The van der Waals surface area contributed by atoms with Crippen LogP contribution in [0.15, 0.2) is 48.1 Å². The molecule has 1 atom stereocenters. The Hall–Kier alpha value is -2.40. The van der Waals surface area contributed by atoms with Crippen molar-refractivity contribution >= 4 is 17.4 Å². The summed E-state index contributed by atoms with van der Waals surface area (Å²) in [6.45, 7) is 9.68. The molecule has 5 heteroatoms. The van der Waals surface area contributed by atoms with Gasteiger partial charge in [0.05, 0.1) is 0 Å². The lowest BCUT2D eigenvalue weighted by Crippen LogP contribution is -2.21. The molecule has 0 saturated heterocycles. The van der Waals surface area contributed by atoms with Crippen molar-refractivity contribution in [3.05, 3.63) is 53.6 Å². The maximum Gasteiger partial charge on any atom is 0.267 e. The molecular formula is C19H26N2O3. The number of benzene rings is 1. The predicted octanol–water partition coefficient (Wildman–Crippen LogP) is 3.36. The Labute approximate surface area is 143 Å². The molecule has 2 N–H and O–H groups in total. The van der Waals surface area contributed by atoms with Gasteiger partial charge in [0.15, 0.2) is 5.78 Å². The number of carbonyl (C=O) groups is 2. The van der Waals surface area contributed by atoms with Crippen LogP contribution < -0.4 is 10.4 Å². The second-order valence-corrected chi connectivity index (χ2v) is 5.59. The molecule has 1 aromatic carbocycles. The molecule has 0 radical (unpaired) electrons. The van der Waals surface area contributed by atoms with Crippen LogP contribution in [0.1, 0.15) is 38.1 Å². The summed E-state index contributed by atoms with van der Waals surface area (Å²) >= 11 is 0. The predicted molar refractivity (Wildman–Crippen MR) is 96.3 cm³/mol. The van der Waals surface area contributed by atoms with Crippen LogP contribution in [-0.4, -0.2) is 30.0 Å². The lowest BCUT2D eigenvalue weighted by molar-refractivity contribution is -0.124. The average molecular weight is 330 g/mol. The van der Waals surface area contributed by atoms with Crippen molar-refractivity contribution in [2.24, 2.45) is 5.92 Å². The highest BCUT2D eigenvalue weighted by Gasteiger charge is 2.13. The number of Topliss-reactive ketones (excluding diaryl/α,β-unsaturated/α-hetero) is 1. The van der Waals surface area contributed by atoms with Gasteiger partial charge in [0.1, 0.15) is 0 Å². The van der Waals surface area contributed by atoms with Crippen molar-refractivity contribution < 1.29 is 14.8 Å². The molecule has 0 fully saturated rings. The van der Waals surface area contributed by atoms with E-state index in [9.17, 15) is 9.59 Å². The van der Waals surface area contributed by atoms with Crippen LogP contribution >= 0.6 is 0 Å². The Morgan fingerprint density at radius 2 is 1.75 bits per heavy atom. The van der Waals surface area contributed by atoms with E-state index in [0.717, 1.165) is 24.4 Å². The maximum absolute atomic E-state index is 12.5. The number of allylic oxidation sites excluding steroid dienone is 3. The number of nitrogens with one attached hydrogen (secondary N) is 1. The number of hydrogen-bond donors (Lipinski definition) is 2. The van der Waals surface area contributed by atoms with Gasteiger partial charge < -0.3 is 4.90 Å². The number of hydrogen-bond acceptors (Lipinski definition) is 4. The SMILES string of the molecule is CCN(CC)c1ccc(C(=O)[C@H](C)C=C(C)C=CC(=O)NO)cc1. The number of ketones is 1. The number of hydroxylamine groups is 1. The third-order valence-electron chi connectivity index (χ3n) is 3.81. The van der Waals surface area contributed by atoms with E-state index < -0.39 is 5.91 Å². The van der Waals surface area contributed by atoms with Gasteiger partial charge in [-0.15, -0.1) is 0 Å². The molecule has 0 spiro atoms. The van der Waals surface area contributed by atoms with Gasteiger partial charge in [0.2, 0.25) is 0 Å². The van der Waals surface area contributed by atoms with E-state index in [0.29, 0.717) is 5.56 Å². The van der Waals surface area contributed by atoms with Crippen molar-refractivity contribution in [1.82, 2.24) is 5.48 Å². The number of nitrogens with zero attached hydrogens (tertiary/aromatic N) is 1. The van der Waals surface area contributed by atoms with Crippen molar-refractivity contribution in [3.63, 3.8) is 0 Å². The molecule has 0 aromatic heterocycles. The number of rotatable bonds is 8. The molecule has 130 valence electrons. The van der Waals surface area contributed by atoms with Crippen LogP contribution in [-0.2, 0) is 4.79 Å². The first-order valence-corrected chi connectivity index (χ1v) is 8.12. The third-order valence-corrected chi connectivity index (χ3v) is 3.81. The minimum atomic E-state index is -0.603. The van der Waals surface area contributed by atoms with E-state index in [-0.39, 0.29) is 11.7 Å². The van der Waals surface area contributed by atoms with Gasteiger partial charge in [-0.3, -0.25) is 14.8 Å². The summed E-state index contributed by atoms with van der Waals surface area (Å²) < 4.78 is 0. The van der Waals surface area contributed by atoms with Gasteiger partial charge in [0.25, 0.3) is 5.91 Å². The van der Waals surface area contributed by atoms with Crippen LogP contribution in [0.2, 0.25) is 0 Å². The lowest BCUT2D eigenvalue weighted by Gasteiger charge is -2.21. The summed E-state index contributed by atoms with van der Waals surface area (Å²) in [6.07, 6.45) is 4.56. The van der Waals surface area contributed by atoms with Crippen LogP contribution in [0, 0.1) is 5.92 Å². The molecule has 24 heavy (non-hydrogen) atoms. The summed E-state index contributed by atoms with van der Waals surface area (Å²) in [5, 5.41) is 8.44. The van der Waals surface area contributed by atoms with Gasteiger partial charge in [-0.2, -0.15) is 0 Å². The summed E-state index contributed by atoms with van der Waals surface area (Å²) in [7, 11) is 0. The van der Waals surface area contributed by atoms with Crippen LogP contribution in [0.25, 0.3) is 0 Å². The first kappa shape index (κ1) is 19.6. The Morgan fingerprint density at radius 1 is 1.17 bits per heavy atom. The Kier molecular flexibility index (Phi) is 7.92. The highest BCUT2D eigenvalue weighted by atomic mass is 16.5. The maximum atomic E-state index is 12.5. The van der Waals surface area contributed by atoms with E-state index in [1.165, 1.54) is 11.6 Å². The van der Waals surface area contributed by atoms with Gasteiger partial charge in [-0.05, 0) is 45.0 Å². The van der Waals surface area contributed by atoms with Crippen LogP contribution in [0.5, 0.6) is 0 Å². The highest BCUT2D eigenvalue weighted by Crippen LogP contribution is 2.18. The summed E-state index contributed by atoms with van der Waals surface area (Å²) in [4.78, 5) is 25.7. The molecular weight excluding hydrogens is 304 g/mol. The zero-order valence-corrected chi connectivity index (χ0v) is 14.7. The molecule has 0 aliphatic rings. The zero-order chi connectivity index (χ0) is 18.1. The molecule has 0 aliphatic heterocycles. The monoisotopic (exact) mass is 330 g/mol. The second-order valence-electron chi connectivity index (χ2n) is 5.59. The van der Waals surface area contributed by atoms with Crippen molar-refractivity contribution in [3.8, 4) is 0 Å². The number of carbonyl (C=O) groups excluding carboxylic acids is 2. The quantitative estimate of drug-likeness (QED) is 0.252. The van der Waals surface area contributed by atoms with Gasteiger partial charge >= 0.3 is 0 Å². The summed E-state index contributed by atoms with van der Waals surface area (Å²) in [6, 6.07) is 7.64. The van der Waals surface area contributed by atoms with Crippen molar-refractivity contribution in [2.75, 3.05) is 18.0 Å². The normalized spacial score (nSPS) is 13.0.